The molecule has 0 aliphatic heterocycles. The van der Waals surface area contributed by atoms with Crippen molar-refractivity contribution in [2.24, 2.45) is 11.7 Å². The zero-order valence-electron chi connectivity index (χ0n) is 14.6. The molecule has 1 atom stereocenters. The third kappa shape index (κ3) is 4.51. The summed E-state index contributed by atoms with van der Waals surface area (Å²) in [5.74, 6) is -3.81. The normalized spacial score (nSPS) is 17.3. The third-order valence-corrected chi connectivity index (χ3v) is 4.29. The van der Waals surface area contributed by atoms with Crippen LogP contribution in [0.4, 0.5) is 13.2 Å². The van der Waals surface area contributed by atoms with Gasteiger partial charge in [-0.25, -0.2) is 13.2 Å². The second-order valence-electron chi connectivity index (χ2n) is 6.34. The fraction of sp³-hybridized carbons (Fsp3) is 0.316. The summed E-state index contributed by atoms with van der Waals surface area (Å²) in [6, 6.07) is 8.46. The van der Waals surface area contributed by atoms with E-state index >= 15 is 0 Å². The Bertz CT molecular complexity index is 858. The molecule has 1 fully saturated rings. The summed E-state index contributed by atoms with van der Waals surface area (Å²) < 4.78 is 50.4. The predicted molar refractivity (Wildman–Crippen MR) is 92.7 cm³/mol. The summed E-state index contributed by atoms with van der Waals surface area (Å²) in [5.41, 5.74) is 6.29. The summed E-state index contributed by atoms with van der Waals surface area (Å²) in [6.07, 6.45) is -0.215. The summed E-state index contributed by atoms with van der Waals surface area (Å²) >= 11 is 0. The lowest BCUT2D eigenvalue weighted by atomic mass is 10.1. The van der Waals surface area contributed by atoms with E-state index < -0.39 is 23.6 Å². The first-order chi connectivity index (χ1) is 12.8. The van der Waals surface area contributed by atoms with Gasteiger partial charge in [0.15, 0.2) is 11.5 Å². The van der Waals surface area contributed by atoms with Crippen LogP contribution in [0.3, 0.4) is 0 Å². The highest BCUT2D eigenvalue weighted by molar-refractivity contribution is 5.94. The molecule has 2 aromatic carbocycles. The van der Waals surface area contributed by atoms with E-state index in [2.05, 4.69) is 5.32 Å². The van der Waals surface area contributed by atoms with Gasteiger partial charge in [0, 0.05) is 37.1 Å². The number of carbonyl (C=O) groups is 1. The lowest BCUT2D eigenvalue weighted by molar-refractivity contribution is 0.0895. The number of alkyl halides is 2. The smallest absolute Gasteiger partial charge is 0.253 e. The van der Waals surface area contributed by atoms with Crippen LogP contribution in [0.25, 0.3) is 0 Å². The van der Waals surface area contributed by atoms with Gasteiger partial charge in [-0.3, -0.25) is 4.79 Å². The predicted octanol–water partition coefficient (Wildman–Crippen LogP) is 3.47. The van der Waals surface area contributed by atoms with Gasteiger partial charge in [0.25, 0.3) is 11.8 Å². The largest absolute Gasteiger partial charge is 0.493 e. The third-order valence-electron chi connectivity index (χ3n) is 4.29. The molecular formula is C19H19F3N2O3. The molecule has 0 spiro atoms. The number of nitrogens with one attached hydrogen (secondary N) is 1. The number of carbonyl (C=O) groups excluding carboxylic acids is 1. The van der Waals surface area contributed by atoms with Crippen molar-refractivity contribution in [2.45, 2.75) is 18.9 Å². The number of hydrogen-bond acceptors (Lipinski definition) is 4. The number of hydrogen-bond donors (Lipinski definition) is 2. The molecule has 1 amide bonds. The quantitative estimate of drug-likeness (QED) is 0.772. The molecule has 144 valence electrons. The molecule has 3 rings (SSSR count). The van der Waals surface area contributed by atoms with E-state index in [-0.39, 0.29) is 36.6 Å². The standard InChI is InChI=1S/C19H19F3N2O3/c1-26-16-3-2-12(18(25)24-10-13-8-19(13,21)22)6-17(16)27-15-5-11(9-23)4-14(20)7-15/h2-7,13H,8-10,23H2,1H3,(H,24,25). The minimum absolute atomic E-state index is 0.0994. The molecule has 2 aromatic rings. The van der Waals surface area contributed by atoms with Gasteiger partial charge in [-0.15, -0.1) is 0 Å². The van der Waals surface area contributed by atoms with Gasteiger partial charge in [0.2, 0.25) is 0 Å². The van der Waals surface area contributed by atoms with Crippen molar-refractivity contribution in [3.8, 4) is 17.2 Å². The second kappa shape index (κ2) is 7.48. The second-order valence-corrected chi connectivity index (χ2v) is 6.34. The van der Waals surface area contributed by atoms with Crippen molar-refractivity contribution in [3.63, 3.8) is 0 Å². The van der Waals surface area contributed by atoms with Crippen LogP contribution in [0.1, 0.15) is 22.3 Å². The van der Waals surface area contributed by atoms with Crippen molar-refractivity contribution in [1.29, 1.82) is 0 Å². The van der Waals surface area contributed by atoms with E-state index in [1.807, 2.05) is 0 Å². The Balaban J connectivity index is 1.77. The van der Waals surface area contributed by atoms with Gasteiger partial charge in [-0.2, -0.15) is 0 Å². The Morgan fingerprint density at radius 3 is 2.63 bits per heavy atom. The van der Waals surface area contributed by atoms with Gasteiger partial charge in [0.1, 0.15) is 11.6 Å². The van der Waals surface area contributed by atoms with Crippen molar-refractivity contribution in [3.05, 3.63) is 53.3 Å². The molecule has 5 nitrogen and oxygen atoms in total. The van der Waals surface area contributed by atoms with Gasteiger partial charge in [-0.05, 0) is 35.9 Å². The number of ether oxygens (including phenoxy) is 2. The molecule has 1 aliphatic carbocycles. The summed E-state index contributed by atoms with van der Waals surface area (Å²) in [7, 11) is 1.42. The maximum absolute atomic E-state index is 13.7. The molecule has 0 radical (unpaired) electrons. The molecule has 1 unspecified atom stereocenters. The Kier molecular flexibility index (Phi) is 5.27. The molecule has 0 heterocycles. The van der Waals surface area contributed by atoms with E-state index in [0.717, 1.165) is 0 Å². The van der Waals surface area contributed by atoms with Crippen molar-refractivity contribution >= 4 is 5.91 Å². The first-order valence-electron chi connectivity index (χ1n) is 8.34. The minimum atomic E-state index is -2.69. The van der Waals surface area contributed by atoms with Crippen molar-refractivity contribution in [2.75, 3.05) is 13.7 Å². The van der Waals surface area contributed by atoms with Crippen molar-refractivity contribution in [1.82, 2.24) is 5.32 Å². The first-order valence-corrected chi connectivity index (χ1v) is 8.34. The zero-order valence-corrected chi connectivity index (χ0v) is 14.6. The van der Waals surface area contributed by atoms with Crippen LogP contribution in [-0.2, 0) is 6.54 Å². The number of amides is 1. The van der Waals surface area contributed by atoms with E-state index in [1.54, 1.807) is 6.07 Å². The van der Waals surface area contributed by atoms with E-state index in [4.69, 9.17) is 15.2 Å². The Hall–Kier alpha value is -2.74. The van der Waals surface area contributed by atoms with E-state index in [1.165, 1.54) is 37.4 Å². The van der Waals surface area contributed by atoms with Crippen LogP contribution >= 0.6 is 0 Å². The maximum Gasteiger partial charge on any atom is 0.253 e. The summed E-state index contributed by atoms with van der Waals surface area (Å²) in [6.45, 7) is 0.0390. The monoisotopic (exact) mass is 380 g/mol. The molecule has 1 saturated carbocycles. The van der Waals surface area contributed by atoms with Crippen LogP contribution < -0.4 is 20.5 Å². The molecule has 27 heavy (non-hydrogen) atoms. The maximum atomic E-state index is 13.7. The summed E-state index contributed by atoms with van der Waals surface area (Å²) in [5, 5.41) is 2.48. The zero-order chi connectivity index (χ0) is 19.6. The average Bonchev–Trinajstić information content (AvgIpc) is 3.25. The van der Waals surface area contributed by atoms with Gasteiger partial charge >= 0.3 is 0 Å². The van der Waals surface area contributed by atoms with Crippen LogP contribution in [-0.4, -0.2) is 25.5 Å². The first kappa shape index (κ1) is 19.0. The average molecular weight is 380 g/mol. The molecule has 0 aromatic heterocycles. The Morgan fingerprint density at radius 1 is 1.26 bits per heavy atom. The lowest BCUT2D eigenvalue weighted by Gasteiger charge is -2.13. The number of halogens is 3. The van der Waals surface area contributed by atoms with Gasteiger partial charge < -0.3 is 20.5 Å². The number of nitrogens with two attached hydrogens (primary N) is 1. The number of rotatable bonds is 7. The Morgan fingerprint density at radius 2 is 2.00 bits per heavy atom. The molecule has 8 heteroatoms. The fourth-order valence-electron chi connectivity index (χ4n) is 2.63. The molecule has 1 aliphatic rings. The lowest BCUT2D eigenvalue weighted by Crippen LogP contribution is -2.26. The van der Waals surface area contributed by atoms with E-state index in [9.17, 15) is 18.0 Å². The number of benzene rings is 2. The van der Waals surface area contributed by atoms with Crippen LogP contribution in [0, 0.1) is 11.7 Å². The van der Waals surface area contributed by atoms with Gasteiger partial charge in [-0.1, -0.05) is 0 Å². The van der Waals surface area contributed by atoms with Gasteiger partial charge in [0.05, 0.1) is 7.11 Å². The molecule has 0 saturated heterocycles. The highest BCUT2D eigenvalue weighted by Gasteiger charge is 2.56. The van der Waals surface area contributed by atoms with E-state index in [0.29, 0.717) is 11.3 Å². The summed E-state index contributed by atoms with van der Waals surface area (Å²) in [4.78, 5) is 12.2. The SMILES string of the molecule is COc1ccc(C(=O)NCC2CC2(F)F)cc1Oc1cc(F)cc(CN)c1. The number of methoxy groups -OCH3 is 1. The minimum Gasteiger partial charge on any atom is -0.493 e. The van der Waals surface area contributed by atoms with Crippen LogP contribution in [0.5, 0.6) is 17.2 Å². The highest BCUT2D eigenvalue weighted by atomic mass is 19.3. The molecule has 0 bridgehead atoms. The Labute approximate surface area is 154 Å². The fourth-order valence-corrected chi connectivity index (χ4v) is 2.63. The molecular weight excluding hydrogens is 361 g/mol. The molecule has 3 N–H and O–H groups in total. The van der Waals surface area contributed by atoms with Crippen molar-refractivity contribution < 1.29 is 27.4 Å². The topological polar surface area (TPSA) is 73.6 Å². The highest BCUT2D eigenvalue weighted by Crippen LogP contribution is 2.48. The van der Waals surface area contributed by atoms with Crippen LogP contribution in [0.2, 0.25) is 0 Å². The van der Waals surface area contributed by atoms with Crippen LogP contribution in [0.15, 0.2) is 36.4 Å².